The summed E-state index contributed by atoms with van der Waals surface area (Å²) in [6.07, 6.45) is 0.418. The monoisotopic (exact) mass is 468 g/mol. The molecule has 5 nitrogen and oxygen atoms in total. The fraction of sp³-hybridized carbons (Fsp3) is 0.345. The Labute approximate surface area is 205 Å². The van der Waals surface area contributed by atoms with Crippen molar-refractivity contribution in [2.75, 3.05) is 20.1 Å². The van der Waals surface area contributed by atoms with Gasteiger partial charge >= 0.3 is 0 Å². The lowest BCUT2D eigenvalue weighted by Gasteiger charge is -2.37. The Morgan fingerprint density at radius 2 is 1.69 bits per heavy atom. The van der Waals surface area contributed by atoms with Gasteiger partial charge in [-0.1, -0.05) is 18.2 Å². The number of benzene rings is 2. The van der Waals surface area contributed by atoms with Crippen LogP contribution in [0.1, 0.15) is 50.7 Å². The molecule has 3 aliphatic heterocycles. The summed E-state index contributed by atoms with van der Waals surface area (Å²) in [6.45, 7) is 6.94. The number of likely N-dealkylation sites (N-methyl/N-ethyl adjacent to an activating group) is 1. The zero-order valence-corrected chi connectivity index (χ0v) is 20.4. The zero-order valence-electron chi connectivity index (χ0n) is 20.4. The number of aliphatic imine (C=N–C) groups is 1. The minimum atomic E-state index is -0.231. The Kier molecular flexibility index (Phi) is 5.29. The lowest BCUT2D eigenvalue weighted by Crippen LogP contribution is -2.46. The van der Waals surface area contributed by atoms with Gasteiger partial charge in [-0.15, -0.1) is 0 Å². The van der Waals surface area contributed by atoms with Gasteiger partial charge in [-0.3, -0.25) is 14.8 Å². The molecule has 1 saturated heterocycles. The summed E-state index contributed by atoms with van der Waals surface area (Å²) >= 11 is 0. The molecule has 6 heteroatoms. The first-order valence-electron chi connectivity index (χ1n) is 12.2. The number of likely N-dealkylation sites (tertiary alicyclic amines) is 1. The van der Waals surface area contributed by atoms with E-state index in [1.165, 1.54) is 28.8 Å². The maximum Gasteiger partial charge on any atom is 0.227 e. The maximum atomic E-state index is 13.5. The van der Waals surface area contributed by atoms with E-state index in [1.807, 2.05) is 26.0 Å². The Bertz CT molecular complexity index is 1340. The van der Waals surface area contributed by atoms with Gasteiger partial charge in [-0.25, -0.2) is 4.39 Å². The number of fused-ring (bicyclic) bond motifs is 2. The van der Waals surface area contributed by atoms with Crippen LogP contribution in [0.3, 0.4) is 0 Å². The van der Waals surface area contributed by atoms with E-state index in [2.05, 4.69) is 46.1 Å². The molecule has 2 atom stereocenters. The Hall–Kier alpha value is -3.38. The van der Waals surface area contributed by atoms with Crippen molar-refractivity contribution in [3.05, 3.63) is 99.1 Å². The van der Waals surface area contributed by atoms with E-state index in [-0.39, 0.29) is 23.7 Å². The highest BCUT2D eigenvalue weighted by Gasteiger charge is 2.40. The number of carbonyl (C=O) groups excluding carboxylic acids is 1. The van der Waals surface area contributed by atoms with Crippen LogP contribution in [0, 0.1) is 19.7 Å². The number of rotatable bonds is 3. The van der Waals surface area contributed by atoms with Gasteiger partial charge in [0.2, 0.25) is 5.91 Å². The van der Waals surface area contributed by atoms with Gasteiger partial charge in [0.05, 0.1) is 24.7 Å². The number of aryl methyl sites for hydroxylation is 2. The summed E-state index contributed by atoms with van der Waals surface area (Å²) in [7, 11) is 2.09. The molecule has 0 radical (unpaired) electrons. The first-order chi connectivity index (χ1) is 16.9. The van der Waals surface area contributed by atoms with E-state index in [1.54, 1.807) is 0 Å². The molecule has 3 aliphatic rings. The van der Waals surface area contributed by atoms with E-state index in [0.29, 0.717) is 19.5 Å². The lowest BCUT2D eigenvalue weighted by molar-refractivity contribution is -0.134. The predicted molar refractivity (Wildman–Crippen MR) is 134 cm³/mol. The van der Waals surface area contributed by atoms with Crippen molar-refractivity contribution in [3.63, 3.8) is 0 Å². The third kappa shape index (κ3) is 3.96. The predicted octanol–water partition coefficient (Wildman–Crippen LogP) is 4.17. The fourth-order valence-electron chi connectivity index (χ4n) is 6.04. The first-order valence-corrected chi connectivity index (χ1v) is 12.2. The number of hydrogen-bond donors (Lipinski definition) is 0. The van der Waals surface area contributed by atoms with Crippen molar-refractivity contribution in [2.45, 2.75) is 45.3 Å². The Morgan fingerprint density at radius 1 is 0.943 bits per heavy atom. The van der Waals surface area contributed by atoms with Crippen molar-refractivity contribution in [1.82, 2.24) is 14.8 Å². The highest BCUT2D eigenvalue weighted by Crippen LogP contribution is 2.36. The minimum Gasteiger partial charge on any atom is -0.333 e. The maximum absolute atomic E-state index is 13.5. The molecule has 3 aromatic rings. The van der Waals surface area contributed by atoms with Gasteiger partial charge in [-0.05, 0) is 73.5 Å². The van der Waals surface area contributed by atoms with Gasteiger partial charge in [0.25, 0.3) is 0 Å². The number of amides is 1. The SMILES string of the molecule is Cc1cc(C2=NCc3cc4c(cc32)CN([C@@H]2CN(C)C[C@H]2c2ccc(F)cc2)C(=O)C4)cc(C)n1. The van der Waals surface area contributed by atoms with Crippen molar-refractivity contribution in [2.24, 2.45) is 4.99 Å². The third-order valence-electron chi connectivity index (χ3n) is 7.62. The molecule has 0 unspecified atom stereocenters. The number of halogens is 1. The molecule has 2 aromatic carbocycles. The van der Waals surface area contributed by atoms with Crippen LogP contribution in [-0.4, -0.2) is 52.6 Å². The number of hydrogen-bond acceptors (Lipinski definition) is 4. The van der Waals surface area contributed by atoms with Crippen LogP contribution in [0.4, 0.5) is 4.39 Å². The summed E-state index contributed by atoms with van der Waals surface area (Å²) < 4.78 is 13.5. The summed E-state index contributed by atoms with van der Waals surface area (Å²) in [5.41, 5.74) is 9.87. The van der Waals surface area contributed by atoms with Crippen LogP contribution in [0.2, 0.25) is 0 Å². The molecule has 178 valence electrons. The molecule has 0 N–H and O–H groups in total. The highest BCUT2D eigenvalue weighted by atomic mass is 19.1. The Balaban J connectivity index is 1.33. The van der Waals surface area contributed by atoms with Gasteiger partial charge in [0.1, 0.15) is 5.82 Å². The second-order valence-corrected chi connectivity index (χ2v) is 10.2. The molecule has 6 rings (SSSR count). The molecular weight excluding hydrogens is 439 g/mol. The lowest BCUT2D eigenvalue weighted by atomic mass is 9.88. The minimum absolute atomic E-state index is 0.0676. The smallest absolute Gasteiger partial charge is 0.227 e. The summed E-state index contributed by atoms with van der Waals surface area (Å²) in [6, 6.07) is 15.5. The van der Waals surface area contributed by atoms with Crippen LogP contribution in [0.5, 0.6) is 0 Å². The van der Waals surface area contributed by atoms with Gasteiger partial charge < -0.3 is 9.80 Å². The Morgan fingerprint density at radius 3 is 2.43 bits per heavy atom. The van der Waals surface area contributed by atoms with Crippen LogP contribution < -0.4 is 0 Å². The largest absolute Gasteiger partial charge is 0.333 e. The number of nitrogens with zero attached hydrogens (tertiary/aromatic N) is 4. The quantitative estimate of drug-likeness (QED) is 0.580. The van der Waals surface area contributed by atoms with Crippen molar-refractivity contribution >= 4 is 11.6 Å². The third-order valence-corrected chi connectivity index (χ3v) is 7.62. The molecule has 4 heterocycles. The van der Waals surface area contributed by atoms with E-state index < -0.39 is 0 Å². The molecule has 1 fully saturated rings. The molecule has 0 saturated carbocycles. The second kappa shape index (κ2) is 8.38. The first kappa shape index (κ1) is 22.1. The molecule has 1 aromatic heterocycles. The van der Waals surface area contributed by atoms with Gasteiger partial charge in [0, 0.05) is 48.1 Å². The molecule has 35 heavy (non-hydrogen) atoms. The van der Waals surface area contributed by atoms with Crippen molar-refractivity contribution in [1.29, 1.82) is 0 Å². The van der Waals surface area contributed by atoms with E-state index in [9.17, 15) is 9.18 Å². The second-order valence-electron chi connectivity index (χ2n) is 10.2. The molecule has 0 bridgehead atoms. The van der Waals surface area contributed by atoms with Crippen LogP contribution in [0.25, 0.3) is 0 Å². The van der Waals surface area contributed by atoms with Crippen molar-refractivity contribution < 1.29 is 9.18 Å². The summed E-state index contributed by atoms with van der Waals surface area (Å²) in [4.78, 5) is 27.1. The normalized spacial score (nSPS) is 21.8. The number of pyridine rings is 1. The topological polar surface area (TPSA) is 48.8 Å². The molecule has 0 spiro atoms. The average molecular weight is 469 g/mol. The van der Waals surface area contributed by atoms with Crippen molar-refractivity contribution in [3.8, 4) is 0 Å². The fourth-order valence-corrected chi connectivity index (χ4v) is 6.04. The van der Waals surface area contributed by atoms with E-state index in [4.69, 9.17) is 4.99 Å². The molecular formula is C29H29FN4O. The van der Waals surface area contributed by atoms with Gasteiger partial charge in [-0.2, -0.15) is 0 Å². The number of carbonyl (C=O) groups is 1. The van der Waals surface area contributed by atoms with Crippen LogP contribution >= 0.6 is 0 Å². The number of aromatic nitrogens is 1. The molecule has 1 amide bonds. The van der Waals surface area contributed by atoms with Crippen LogP contribution in [-0.2, 0) is 24.3 Å². The summed E-state index contributed by atoms with van der Waals surface area (Å²) in [5.74, 6) is 0.107. The average Bonchev–Trinajstić information content (AvgIpc) is 3.40. The van der Waals surface area contributed by atoms with E-state index in [0.717, 1.165) is 46.9 Å². The van der Waals surface area contributed by atoms with Crippen LogP contribution in [0.15, 0.2) is 53.5 Å². The summed E-state index contributed by atoms with van der Waals surface area (Å²) in [5, 5.41) is 0. The standard InChI is InChI=1S/C29H29FN4O/c1-17-8-21(9-18(2)32-17)29-25-11-23-14-34(28(35)12-20(23)10-22(25)13-31-29)27-16-33(3)15-26(27)19-4-6-24(30)7-5-19/h4-11,26-27H,12-16H2,1-3H3/t26-,27+/m0/s1. The van der Waals surface area contributed by atoms with Gasteiger partial charge in [0.15, 0.2) is 0 Å². The zero-order chi connectivity index (χ0) is 24.3. The molecule has 0 aliphatic carbocycles. The van der Waals surface area contributed by atoms with E-state index >= 15 is 0 Å². The highest BCUT2D eigenvalue weighted by molar-refractivity contribution is 6.15.